The normalized spacial score (nSPS) is 23.8. The highest BCUT2D eigenvalue weighted by molar-refractivity contribution is 7.99. The third kappa shape index (κ3) is 3.77. The average Bonchev–Trinajstić information content (AvgIpc) is 3.22. The Balaban J connectivity index is 1.87. The molecular formula is C19H19ClN4O5S. The second kappa shape index (κ2) is 8.48. The number of hydrogen-bond acceptors (Lipinski definition) is 9. The molecule has 1 aliphatic heterocycles. The first-order valence-corrected chi connectivity index (χ1v) is 10.3. The van der Waals surface area contributed by atoms with Crippen LogP contribution < -0.4 is 0 Å². The predicted molar refractivity (Wildman–Crippen MR) is 108 cm³/mol. The zero-order chi connectivity index (χ0) is 21.4. The number of carbonyl (C=O) groups excluding carboxylic acids is 1. The Bertz CT molecular complexity index is 1090. The number of carbonyl (C=O) groups is 1. The molecule has 0 saturated carbocycles. The monoisotopic (exact) mass is 450 g/mol. The summed E-state index contributed by atoms with van der Waals surface area (Å²) < 4.78 is 12.8. The van der Waals surface area contributed by atoms with Gasteiger partial charge in [0.2, 0.25) is 0 Å². The summed E-state index contributed by atoms with van der Waals surface area (Å²) in [6.45, 7) is 2.77. The number of rotatable bonds is 5. The SMILES string of the molecule is CC(=O)O[C@@H]1[C@H](O)[C@@H](CO)O[C@H]1n1c(Sc2ccccc2C)nc2c(Cl)ncnc21. The number of nitrogens with zero attached hydrogens (tertiary/aromatic N) is 4. The molecule has 1 aromatic carbocycles. The zero-order valence-corrected chi connectivity index (χ0v) is 17.7. The first-order valence-electron chi connectivity index (χ1n) is 9.14. The lowest BCUT2D eigenvalue weighted by atomic mass is 10.1. The molecule has 0 radical (unpaired) electrons. The van der Waals surface area contributed by atoms with Gasteiger partial charge in [-0.25, -0.2) is 15.0 Å². The summed E-state index contributed by atoms with van der Waals surface area (Å²) in [5, 5.41) is 20.8. The molecule has 0 amide bonds. The fourth-order valence-corrected chi connectivity index (χ4v) is 4.50. The van der Waals surface area contributed by atoms with Crippen LogP contribution in [-0.4, -0.2) is 60.6 Å². The Morgan fingerprint density at radius 3 is 2.83 bits per heavy atom. The number of aryl methyl sites for hydroxylation is 1. The Hall–Kier alpha value is -2.24. The smallest absolute Gasteiger partial charge is 0.303 e. The standard InChI is InChI=1S/C19H19ClN4O5S/c1-9-5-3-4-6-12(9)30-19-23-13-16(20)21-8-22-17(13)24(19)18-15(28-10(2)26)14(27)11(7-25)29-18/h3-6,8,11,14-15,18,25,27H,7H2,1-2H3/t11-,14-,15-,18-/m1/s1. The molecule has 0 bridgehead atoms. The lowest BCUT2D eigenvalue weighted by molar-refractivity contribution is -0.156. The second-order valence-electron chi connectivity index (χ2n) is 6.78. The van der Waals surface area contributed by atoms with Gasteiger partial charge < -0.3 is 19.7 Å². The number of imidazole rings is 1. The van der Waals surface area contributed by atoms with E-state index in [1.165, 1.54) is 25.0 Å². The quantitative estimate of drug-likeness (QED) is 0.444. The predicted octanol–water partition coefficient (Wildman–Crippen LogP) is 2.12. The topological polar surface area (TPSA) is 120 Å². The minimum Gasteiger partial charge on any atom is -0.455 e. The van der Waals surface area contributed by atoms with Crippen LogP contribution in [0, 0.1) is 6.92 Å². The first kappa shape index (κ1) is 21.0. The number of esters is 1. The summed E-state index contributed by atoms with van der Waals surface area (Å²) >= 11 is 7.59. The van der Waals surface area contributed by atoms with Crippen molar-refractivity contribution in [2.45, 2.75) is 48.4 Å². The molecule has 0 spiro atoms. The number of aliphatic hydroxyl groups excluding tert-OH is 2. The van der Waals surface area contributed by atoms with E-state index in [1.807, 2.05) is 31.2 Å². The van der Waals surface area contributed by atoms with Gasteiger partial charge in [-0.1, -0.05) is 41.6 Å². The number of fused-ring (bicyclic) bond motifs is 1. The van der Waals surface area contributed by atoms with E-state index < -0.39 is 37.1 Å². The zero-order valence-electron chi connectivity index (χ0n) is 16.1. The molecule has 9 nitrogen and oxygen atoms in total. The molecule has 3 aromatic rings. The van der Waals surface area contributed by atoms with Crippen molar-refractivity contribution in [3.05, 3.63) is 41.3 Å². The van der Waals surface area contributed by atoms with E-state index in [0.29, 0.717) is 16.3 Å². The minimum atomic E-state index is -1.23. The number of benzene rings is 1. The van der Waals surface area contributed by atoms with Crippen LogP contribution in [0.2, 0.25) is 5.15 Å². The molecular weight excluding hydrogens is 432 g/mol. The molecule has 158 valence electrons. The van der Waals surface area contributed by atoms with Crippen molar-refractivity contribution in [1.29, 1.82) is 0 Å². The third-order valence-electron chi connectivity index (χ3n) is 4.74. The summed E-state index contributed by atoms with van der Waals surface area (Å²) in [5.41, 5.74) is 1.75. The van der Waals surface area contributed by atoms with Gasteiger partial charge in [-0.05, 0) is 18.6 Å². The van der Waals surface area contributed by atoms with Crippen LogP contribution in [0.25, 0.3) is 11.2 Å². The summed E-state index contributed by atoms with van der Waals surface area (Å²) in [4.78, 5) is 25.5. The maximum Gasteiger partial charge on any atom is 0.303 e. The van der Waals surface area contributed by atoms with Gasteiger partial charge in [0.1, 0.15) is 24.1 Å². The summed E-state index contributed by atoms with van der Waals surface area (Å²) in [5.74, 6) is -0.587. The molecule has 0 unspecified atom stereocenters. The maximum atomic E-state index is 11.7. The number of aromatic nitrogens is 4. The van der Waals surface area contributed by atoms with Gasteiger partial charge >= 0.3 is 5.97 Å². The molecule has 3 heterocycles. The minimum absolute atomic E-state index is 0.159. The molecule has 30 heavy (non-hydrogen) atoms. The second-order valence-corrected chi connectivity index (χ2v) is 8.15. The van der Waals surface area contributed by atoms with Crippen molar-refractivity contribution in [3.8, 4) is 0 Å². The number of ether oxygens (including phenoxy) is 2. The van der Waals surface area contributed by atoms with E-state index in [1.54, 1.807) is 4.57 Å². The van der Waals surface area contributed by atoms with E-state index in [2.05, 4.69) is 15.0 Å². The lowest BCUT2D eigenvalue weighted by Crippen LogP contribution is -2.36. The van der Waals surface area contributed by atoms with Gasteiger partial charge in [0.15, 0.2) is 28.3 Å². The molecule has 1 saturated heterocycles. The highest BCUT2D eigenvalue weighted by Crippen LogP contribution is 2.40. The Kier molecular flexibility index (Phi) is 5.94. The van der Waals surface area contributed by atoms with E-state index >= 15 is 0 Å². The third-order valence-corrected chi connectivity index (χ3v) is 6.17. The van der Waals surface area contributed by atoms with Gasteiger partial charge in [-0.2, -0.15) is 0 Å². The fourth-order valence-electron chi connectivity index (χ4n) is 3.33. The number of aliphatic hydroxyl groups is 2. The maximum absolute atomic E-state index is 11.7. The summed E-state index contributed by atoms with van der Waals surface area (Å²) in [6, 6.07) is 7.76. The molecule has 1 fully saturated rings. The van der Waals surface area contributed by atoms with Crippen molar-refractivity contribution >= 4 is 40.5 Å². The van der Waals surface area contributed by atoms with Crippen molar-refractivity contribution in [3.63, 3.8) is 0 Å². The van der Waals surface area contributed by atoms with Gasteiger partial charge in [-0.15, -0.1) is 0 Å². The Morgan fingerprint density at radius 2 is 2.13 bits per heavy atom. The summed E-state index contributed by atoms with van der Waals surface area (Å²) in [6.07, 6.45) is -2.91. The van der Waals surface area contributed by atoms with Crippen molar-refractivity contribution in [1.82, 2.24) is 19.5 Å². The number of halogens is 1. The van der Waals surface area contributed by atoms with Crippen molar-refractivity contribution in [2.75, 3.05) is 6.61 Å². The van der Waals surface area contributed by atoms with E-state index in [-0.39, 0.29) is 5.15 Å². The molecule has 0 aliphatic carbocycles. The highest BCUT2D eigenvalue weighted by atomic mass is 35.5. The average molecular weight is 451 g/mol. The van der Waals surface area contributed by atoms with E-state index in [0.717, 1.165) is 10.5 Å². The van der Waals surface area contributed by atoms with Crippen LogP contribution >= 0.6 is 23.4 Å². The van der Waals surface area contributed by atoms with Gasteiger partial charge in [-0.3, -0.25) is 9.36 Å². The van der Waals surface area contributed by atoms with Crippen LogP contribution in [-0.2, 0) is 14.3 Å². The van der Waals surface area contributed by atoms with Crippen LogP contribution in [0.5, 0.6) is 0 Å². The largest absolute Gasteiger partial charge is 0.455 e. The van der Waals surface area contributed by atoms with Crippen molar-refractivity contribution in [2.24, 2.45) is 0 Å². The van der Waals surface area contributed by atoms with Gasteiger partial charge in [0.05, 0.1) is 6.61 Å². The van der Waals surface area contributed by atoms with Crippen molar-refractivity contribution < 1.29 is 24.5 Å². The highest BCUT2D eigenvalue weighted by Gasteiger charge is 2.48. The Morgan fingerprint density at radius 1 is 1.37 bits per heavy atom. The summed E-state index contributed by atoms with van der Waals surface area (Å²) in [7, 11) is 0. The fraction of sp³-hybridized carbons (Fsp3) is 0.368. The Labute approximate surface area is 181 Å². The lowest BCUT2D eigenvalue weighted by Gasteiger charge is -2.22. The molecule has 2 aromatic heterocycles. The van der Waals surface area contributed by atoms with E-state index in [4.69, 9.17) is 21.1 Å². The molecule has 1 aliphatic rings. The van der Waals surface area contributed by atoms with Gasteiger partial charge in [0.25, 0.3) is 0 Å². The van der Waals surface area contributed by atoms with Crippen LogP contribution in [0.4, 0.5) is 0 Å². The first-order chi connectivity index (χ1) is 14.4. The van der Waals surface area contributed by atoms with Crippen LogP contribution in [0.1, 0.15) is 18.7 Å². The van der Waals surface area contributed by atoms with Gasteiger partial charge in [0, 0.05) is 11.8 Å². The molecule has 11 heteroatoms. The van der Waals surface area contributed by atoms with Crippen LogP contribution in [0.3, 0.4) is 0 Å². The number of hydrogen-bond donors (Lipinski definition) is 2. The van der Waals surface area contributed by atoms with Crippen LogP contribution in [0.15, 0.2) is 40.6 Å². The molecule has 2 N–H and O–H groups in total. The van der Waals surface area contributed by atoms with E-state index in [9.17, 15) is 15.0 Å². The molecule has 4 atom stereocenters. The molecule has 4 rings (SSSR count).